The quantitative estimate of drug-likeness (QED) is 0.725. The lowest BCUT2D eigenvalue weighted by Crippen LogP contribution is -2.40. The molecule has 29 heavy (non-hydrogen) atoms. The van der Waals surface area contributed by atoms with Crippen LogP contribution >= 0.6 is 11.6 Å². The number of carbonyl (C=O) groups excluding carboxylic acids is 1. The van der Waals surface area contributed by atoms with Crippen molar-refractivity contribution in [1.82, 2.24) is 4.31 Å². The largest absolute Gasteiger partial charge is 0.379 e. The maximum atomic E-state index is 13.0. The molecule has 1 amide bonds. The van der Waals surface area contributed by atoms with E-state index in [2.05, 4.69) is 10.6 Å². The average molecular weight is 438 g/mol. The Morgan fingerprint density at radius 1 is 1.10 bits per heavy atom. The van der Waals surface area contributed by atoms with Gasteiger partial charge in [-0.2, -0.15) is 4.31 Å². The standard InChI is InChI=1S/C20H24ClN3O4S/c1-14-3-5-16(21)11-18(14)23-20(25)13-22-17-6-4-15(2)19(12-17)29(26,27)24-7-9-28-10-8-24/h3-6,11-12,22H,7-10,13H2,1-2H3,(H,23,25). The predicted molar refractivity (Wildman–Crippen MR) is 114 cm³/mol. The van der Waals surface area contributed by atoms with Crippen molar-refractivity contribution in [2.24, 2.45) is 0 Å². The van der Waals surface area contributed by atoms with Gasteiger partial charge in [0.05, 0.1) is 24.7 Å². The number of anilines is 2. The molecule has 1 heterocycles. The summed E-state index contributed by atoms with van der Waals surface area (Å²) >= 11 is 5.98. The molecule has 1 fully saturated rings. The maximum absolute atomic E-state index is 13.0. The number of amides is 1. The highest BCUT2D eigenvalue weighted by Crippen LogP contribution is 2.24. The first-order chi connectivity index (χ1) is 13.8. The Labute approximate surface area is 176 Å². The number of carbonyl (C=O) groups is 1. The van der Waals surface area contributed by atoms with Gasteiger partial charge in [-0.15, -0.1) is 0 Å². The number of ether oxygens (including phenoxy) is 1. The molecule has 3 rings (SSSR count). The van der Waals surface area contributed by atoms with Gasteiger partial charge in [-0.05, 0) is 49.2 Å². The van der Waals surface area contributed by atoms with Crippen LogP contribution in [0.2, 0.25) is 5.02 Å². The summed E-state index contributed by atoms with van der Waals surface area (Å²) in [5.41, 5.74) is 2.75. The van der Waals surface area contributed by atoms with Crippen molar-refractivity contribution in [3.63, 3.8) is 0 Å². The van der Waals surface area contributed by atoms with E-state index >= 15 is 0 Å². The van der Waals surface area contributed by atoms with Crippen molar-refractivity contribution in [2.75, 3.05) is 43.5 Å². The van der Waals surface area contributed by atoms with Gasteiger partial charge in [0, 0.05) is 29.5 Å². The minimum absolute atomic E-state index is 0.00788. The molecule has 2 aromatic rings. The molecule has 2 N–H and O–H groups in total. The number of nitrogens with zero attached hydrogens (tertiary/aromatic N) is 1. The van der Waals surface area contributed by atoms with E-state index in [-0.39, 0.29) is 17.3 Å². The van der Waals surface area contributed by atoms with Crippen LogP contribution in [0, 0.1) is 13.8 Å². The van der Waals surface area contributed by atoms with Gasteiger partial charge in [0.1, 0.15) is 0 Å². The number of hydrogen-bond donors (Lipinski definition) is 2. The summed E-state index contributed by atoms with van der Waals surface area (Å²) in [5.74, 6) is -0.256. The number of aryl methyl sites for hydroxylation is 2. The Morgan fingerprint density at radius 2 is 1.79 bits per heavy atom. The van der Waals surface area contributed by atoms with Crippen molar-refractivity contribution < 1.29 is 17.9 Å². The van der Waals surface area contributed by atoms with Crippen molar-refractivity contribution in [2.45, 2.75) is 18.7 Å². The lowest BCUT2D eigenvalue weighted by atomic mass is 10.2. The minimum atomic E-state index is -3.61. The van der Waals surface area contributed by atoms with Crippen LogP contribution in [0.5, 0.6) is 0 Å². The van der Waals surface area contributed by atoms with Crippen LogP contribution in [-0.2, 0) is 19.6 Å². The van der Waals surface area contributed by atoms with Gasteiger partial charge < -0.3 is 15.4 Å². The summed E-state index contributed by atoms with van der Waals surface area (Å²) in [7, 11) is -3.61. The Hall–Kier alpha value is -2.13. The first-order valence-corrected chi connectivity index (χ1v) is 11.1. The van der Waals surface area contributed by atoms with E-state index in [9.17, 15) is 13.2 Å². The number of sulfonamides is 1. The molecular formula is C20H24ClN3O4S. The first kappa shape index (κ1) is 21.6. The van der Waals surface area contributed by atoms with Crippen LogP contribution in [-0.4, -0.2) is 51.5 Å². The highest BCUT2D eigenvalue weighted by atomic mass is 35.5. The van der Waals surface area contributed by atoms with E-state index in [0.29, 0.717) is 48.3 Å². The SMILES string of the molecule is Cc1ccc(Cl)cc1NC(=O)CNc1ccc(C)c(S(=O)(=O)N2CCOCC2)c1. The maximum Gasteiger partial charge on any atom is 0.243 e. The van der Waals surface area contributed by atoms with Crippen LogP contribution in [0.15, 0.2) is 41.3 Å². The molecule has 9 heteroatoms. The second-order valence-electron chi connectivity index (χ2n) is 6.86. The molecule has 1 saturated heterocycles. The molecule has 0 bridgehead atoms. The Balaban J connectivity index is 1.69. The van der Waals surface area contributed by atoms with Crippen molar-refractivity contribution in [3.05, 3.63) is 52.5 Å². The van der Waals surface area contributed by atoms with Gasteiger partial charge >= 0.3 is 0 Å². The lowest BCUT2D eigenvalue weighted by Gasteiger charge is -2.27. The van der Waals surface area contributed by atoms with Crippen LogP contribution in [0.3, 0.4) is 0 Å². The summed E-state index contributed by atoms with van der Waals surface area (Å²) in [4.78, 5) is 12.5. The third-order valence-corrected chi connectivity index (χ3v) is 6.98. The van der Waals surface area contributed by atoms with Gasteiger partial charge in [-0.1, -0.05) is 23.7 Å². The molecule has 0 unspecified atom stereocenters. The molecule has 2 aromatic carbocycles. The number of nitrogens with one attached hydrogen (secondary N) is 2. The number of halogens is 1. The highest BCUT2D eigenvalue weighted by molar-refractivity contribution is 7.89. The van der Waals surface area contributed by atoms with Gasteiger partial charge in [-0.25, -0.2) is 8.42 Å². The normalized spacial score (nSPS) is 15.1. The highest BCUT2D eigenvalue weighted by Gasteiger charge is 2.27. The molecule has 156 valence electrons. The third kappa shape index (κ3) is 5.27. The van der Waals surface area contributed by atoms with E-state index in [0.717, 1.165) is 5.56 Å². The molecule has 0 saturated carbocycles. The van der Waals surface area contributed by atoms with Crippen LogP contribution in [0.25, 0.3) is 0 Å². The topological polar surface area (TPSA) is 87.7 Å². The molecule has 7 nitrogen and oxygen atoms in total. The van der Waals surface area contributed by atoms with Crippen molar-refractivity contribution in [1.29, 1.82) is 0 Å². The molecule has 0 radical (unpaired) electrons. The molecule has 1 aliphatic heterocycles. The van der Waals surface area contributed by atoms with Crippen molar-refractivity contribution >= 4 is 38.9 Å². The van der Waals surface area contributed by atoms with E-state index in [4.69, 9.17) is 16.3 Å². The van der Waals surface area contributed by atoms with Gasteiger partial charge in [0.2, 0.25) is 15.9 Å². The Kier molecular flexibility index (Phi) is 6.79. The lowest BCUT2D eigenvalue weighted by molar-refractivity contribution is -0.114. The molecule has 0 atom stereocenters. The average Bonchev–Trinajstić information content (AvgIpc) is 2.70. The first-order valence-electron chi connectivity index (χ1n) is 9.26. The molecule has 1 aliphatic rings. The Morgan fingerprint density at radius 3 is 2.52 bits per heavy atom. The zero-order chi connectivity index (χ0) is 21.0. The summed E-state index contributed by atoms with van der Waals surface area (Å²) in [6, 6.07) is 10.3. The van der Waals surface area contributed by atoms with Gasteiger partial charge in [0.25, 0.3) is 0 Å². The Bertz CT molecular complexity index is 1000. The zero-order valence-electron chi connectivity index (χ0n) is 16.4. The number of hydrogen-bond acceptors (Lipinski definition) is 5. The fourth-order valence-corrected chi connectivity index (χ4v) is 4.85. The molecular weight excluding hydrogens is 414 g/mol. The van der Waals surface area contributed by atoms with Crippen LogP contribution in [0.1, 0.15) is 11.1 Å². The minimum Gasteiger partial charge on any atom is -0.379 e. The van der Waals surface area contributed by atoms with Crippen LogP contribution in [0.4, 0.5) is 11.4 Å². The van der Waals surface area contributed by atoms with Crippen LogP contribution < -0.4 is 10.6 Å². The summed E-state index contributed by atoms with van der Waals surface area (Å²) in [6.45, 7) is 5.07. The second kappa shape index (κ2) is 9.13. The van der Waals surface area contributed by atoms with Gasteiger partial charge in [-0.3, -0.25) is 4.79 Å². The smallest absolute Gasteiger partial charge is 0.243 e. The summed E-state index contributed by atoms with van der Waals surface area (Å²) < 4.78 is 32.6. The monoisotopic (exact) mass is 437 g/mol. The van der Waals surface area contributed by atoms with Gasteiger partial charge in [0.15, 0.2) is 0 Å². The van der Waals surface area contributed by atoms with E-state index in [1.807, 2.05) is 13.0 Å². The number of morpholine rings is 1. The molecule has 0 aromatic heterocycles. The number of rotatable bonds is 6. The predicted octanol–water partition coefficient (Wildman–Crippen LogP) is 3.03. The molecule has 0 aliphatic carbocycles. The summed E-state index contributed by atoms with van der Waals surface area (Å²) in [5, 5.41) is 6.33. The van der Waals surface area contributed by atoms with Crippen molar-refractivity contribution in [3.8, 4) is 0 Å². The summed E-state index contributed by atoms with van der Waals surface area (Å²) in [6.07, 6.45) is 0. The second-order valence-corrected chi connectivity index (χ2v) is 9.20. The van der Waals surface area contributed by atoms with E-state index in [1.165, 1.54) is 4.31 Å². The van der Waals surface area contributed by atoms with E-state index < -0.39 is 10.0 Å². The number of benzene rings is 2. The fourth-order valence-electron chi connectivity index (χ4n) is 3.02. The zero-order valence-corrected chi connectivity index (χ0v) is 17.9. The third-order valence-electron chi connectivity index (χ3n) is 4.70. The molecule has 0 spiro atoms. The van der Waals surface area contributed by atoms with E-state index in [1.54, 1.807) is 37.3 Å². The fraction of sp³-hybridized carbons (Fsp3) is 0.350.